The van der Waals surface area contributed by atoms with Gasteiger partial charge in [-0.25, -0.2) is 0 Å². The van der Waals surface area contributed by atoms with Crippen LogP contribution >= 0.6 is 8.45 Å². The Morgan fingerprint density at radius 3 is 1.44 bits per heavy atom. The summed E-state index contributed by atoms with van der Waals surface area (Å²) in [4.78, 5) is 13.6. The second-order valence-electron chi connectivity index (χ2n) is 7.37. The molecule has 1 fully saturated rings. The quantitative estimate of drug-likeness (QED) is 0.749. The minimum absolute atomic E-state index is 0.188. The van der Waals surface area contributed by atoms with Crippen molar-refractivity contribution in [2.45, 2.75) is 58.3 Å². The van der Waals surface area contributed by atoms with E-state index in [2.05, 4.69) is 85.6 Å². The lowest BCUT2D eigenvalue weighted by molar-refractivity contribution is -0.195. The zero-order valence-electron chi connectivity index (χ0n) is 15.6. The van der Waals surface area contributed by atoms with Gasteiger partial charge in [-0.2, -0.15) is 9.34 Å². The van der Waals surface area contributed by atoms with Crippen molar-refractivity contribution in [2.75, 3.05) is 0 Å². The predicted octanol–water partition coefficient (Wildman–Crippen LogP) is 4.61. The maximum Gasteiger partial charge on any atom is 0.0949 e. The Morgan fingerprint density at radius 2 is 1.12 bits per heavy atom. The van der Waals surface area contributed by atoms with Gasteiger partial charge in [0.2, 0.25) is 0 Å². The Labute approximate surface area is 153 Å². The van der Waals surface area contributed by atoms with Gasteiger partial charge in [-0.15, -0.1) is 0 Å². The molecular formula is C21H29N2OP. The fourth-order valence-electron chi connectivity index (χ4n) is 3.94. The monoisotopic (exact) mass is 356 g/mol. The lowest BCUT2D eigenvalue weighted by Crippen LogP contribution is -2.49. The van der Waals surface area contributed by atoms with E-state index >= 15 is 0 Å². The van der Waals surface area contributed by atoms with E-state index in [1.165, 1.54) is 11.1 Å². The summed E-state index contributed by atoms with van der Waals surface area (Å²) in [5, 5.41) is 0. The number of hydrogen-bond donors (Lipinski definition) is 0. The Morgan fingerprint density at radius 1 is 0.760 bits per heavy atom. The summed E-state index contributed by atoms with van der Waals surface area (Å²) >= 11 is 0. The van der Waals surface area contributed by atoms with Crippen molar-refractivity contribution >= 4 is 8.45 Å². The molecular weight excluding hydrogens is 327 g/mol. The van der Waals surface area contributed by atoms with Crippen molar-refractivity contribution in [1.29, 1.82) is 0 Å². The molecule has 0 aromatic heterocycles. The lowest BCUT2D eigenvalue weighted by atomic mass is 9.93. The molecule has 1 saturated heterocycles. The van der Waals surface area contributed by atoms with Gasteiger partial charge in [0.15, 0.2) is 0 Å². The first-order valence-electron chi connectivity index (χ1n) is 9.21. The molecule has 0 saturated carbocycles. The highest BCUT2D eigenvalue weighted by molar-refractivity contribution is 7.44. The third-order valence-electron chi connectivity index (χ3n) is 5.04. The van der Waals surface area contributed by atoms with Crippen LogP contribution in [0.15, 0.2) is 60.7 Å². The molecule has 0 spiro atoms. The Kier molecular flexibility index (Phi) is 5.91. The van der Waals surface area contributed by atoms with Crippen LogP contribution in [0.3, 0.4) is 0 Å². The third kappa shape index (κ3) is 3.80. The zero-order valence-corrected chi connectivity index (χ0v) is 16.6. The molecule has 2 unspecified atom stereocenters. The maximum absolute atomic E-state index is 13.6. The smallest absolute Gasteiger partial charge is 0.0949 e. The summed E-state index contributed by atoms with van der Waals surface area (Å²) in [6, 6.07) is 22.0. The first-order chi connectivity index (χ1) is 12.0. The molecule has 1 aliphatic rings. The fraction of sp³-hybridized carbons (Fsp3) is 0.429. The molecule has 3 rings (SSSR count). The van der Waals surface area contributed by atoms with Crippen molar-refractivity contribution in [3.63, 3.8) is 0 Å². The van der Waals surface area contributed by atoms with Crippen LogP contribution in [0.1, 0.15) is 57.3 Å². The van der Waals surface area contributed by atoms with Crippen LogP contribution in [0.25, 0.3) is 0 Å². The Bertz CT molecular complexity index is 605. The van der Waals surface area contributed by atoms with E-state index in [0.29, 0.717) is 0 Å². The summed E-state index contributed by atoms with van der Waals surface area (Å²) < 4.78 is 4.47. The topological polar surface area (TPSA) is 29.5 Å². The number of rotatable bonds is 4. The summed E-state index contributed by atoms with van der Waals surface area (Å²) in [5.41, 5.74) is 2.53. The van der Waals surface area contributed by atoms with Crippen LogP contribution in [-0.2, 0) is 0 Å². The average molecular weight is 356 g/mol. The standard InChI is InChI=1S/C21H29N2OP/c1-16(2)22-20(18-11-7-5-8-12-18)15-21(19-13-9-6-10-14-19)23(17(3)4)25(22)24/h5-14,16-17,20-21,25H,15H2,1-4H3. The van der Waals surface area contributed by atoms with Gasteiger partial charge in [-0.3, -0.25) is 0 Å². The van der Waals surface area contributed by atoms with Crippen molar-refractivity contribution in [2.24, 2.45) is 0 Å². The predicted molar refractivity (Wildman–Crippen MR) is 105 cm³/mol. The lowest BCUT2D eigenvalue weighted by Gasteiger charge is -2.51. The average Bonchev–Trinajstić information content (AvgIpc) is 2.61. The van der Waals surface area contributed by atoms with Crippen LogP contribution in [0.5, 0.6) is 0 Å². The molecule has 3 nitrogen and oxygen atoms in total. The molecule has 0 bridgehead atoms. The minimum Gasteiger partial charge on any atom is -0.652 e. The minimum atomic E-state index is -2.04. The van der Waals surface area contributed by atoms with Crippen molar-refractivity contribution in [3.8, 4) is 0 Å². The number of hydrogen-bond acceptors (Lipinski definition) is 3. The van der Waals surface area contributed by atoms with E-state index in [1.54, 1.807) is 0 Å². The molecule has 2 aromatic carbocycles. The van der Waals surface area contributed by atoms with Crippen molar-refractivity contribution in [1.82, 2.24) is 9.34 Å². The normalized spacial score (nSPS) is 25.6. The first kappa shape index (κ1) is 18.5. The maximum atomic E-state index is 13.6. The van der Waals surface area contributed by atoms with E-state index in [4.69, 9.17) is 0 Å². The molecule has 0 aliphatic carbocycles. The van der Waals surface area contributed by atoms with E-state index in [9.17, 15) is 4.89 Å². The largest absolute Gasteiger partial charge is 0.652 e. The zero-order chi connectivity index (χ0) is 18.0. The summed E-state index contributed by atoms with van der Waals surface area (Å²) in [6.07, 6.45) is 0.959. The van der Waals surface area contributed by atoms with Crippen LogP contribution in [0, 0.1) is 0 Å². The number of nitrogens with zero attached hydrogens (tertiary/aromatic N) is 2. The highest BCUT2D eigenvalue weighted by atomic mass is 31.2. The molecule has 0 N–H and O–H groups in total. The molecule has 2 atom stereocenters. The van der Waals surface area contributed by atoms with E-state index in [-0.39, 0.29) is 24.2 Å². The Balaban J connectivity index is 2.04. The molecule has 25 heavy (non-hydrogen) atoms. The van der Waals surface area contributed by atoms with Gasteiger partial charge in [0.25, 0.3) is 0 Å². The summed E-state index contributed by atoms with van der Waals surface area (Å²) in [6.45, 7) is 8.61. The molecule has 2 aromatic rings. The van der Waals surface area contributed by atoms with Gasteiger partial charge in [-0.1, -0.05) is 60.7 Å². The highest BCUT2D eigenvalue weighted by Gasteiger charge is 2.45. The van der Waals surface area contributed by atoms with Gasteiger partial charge >= 0.3 is 0 Å². The SMILES string of the molecule is CC(C)N1C(c2ccccc2)CC(c2ccccc2)N(C(C)C)[PH+]1[O-]. The molecule has 0 radical (unpaired) electrons. The summed E-state index contributed by atoms with van der Waals surface area (Å²) in [7, 11) is -2.04. The molecule has 134 valence electrons. The second-order valence-corrected chi connectivity index (χ2v) is 8.97. The first-order valence-corrected chi connectivity index (χ1v) is 10.5. The van der Waals surface area contributed by atoms with Crippen molar-refractivity contribution < 1.29 is 4.89 Å². The third-order valence-corrected chi connectivity index (χ3v) is 7.58. The van der Waals surface area contributed by atoms with E-state index in [0.717, 1.165) is 6.42 Å². The second kappa shape index (κ2) is 7.97. The van der Waals surface area contributed by atoms with Crippen LogP contribution in [0.4, 0.5) is 0 Å². The van der Waals surface area contributed by atoms with Crippen LogP contribution in [-0.4, -0.2) is 21.4 Å². The van der Waals surface area contributed by atoms with E-state index in [1.807, 2.05) is 12.1 Å². The fourth-order valence-corrected chi connectivity index (χ4v) is 6.14. The highest BCUT2D eigenvalue weighted by Crippen LogP contribution is 2.57. The van der Waals surface area contributed by atoms with Crippen LogP contribution < -0.4 is 4.89 Å². The molecule has 4 heteroatoms. The van der Waals surface area contributed by atoms with Gasteiger partial charge < -0.3 is 4.89 Å². The van der Waals surface area contributed by atoms with Crippen LogP contribution in [0.2, 0.25) is 0 Å². The molecule has 1 heterocycles. The van der Waals surface area contributed by atoms with Gasteiger partial charge in [0, 0.05) is 12.1 Å². The van der Waals surface area contributed by atoms with Gasteiger partial charge in [0.1, 0.15) is 0 Å². The van der Waals surface area contributed by atoms with Crippen molar-refractivity contribution in [3.05, 3.63) is 71.8 Å². The molecule has 1 aliphatic heterocycles. The summed E-state index contributed by atoms with van der Waals surface area (Å²) in [5.74, 6) is 0. The van der Waals surface area contributed by atoms with Gasteiger partial charge in [0.05, 0.1) is 20.5 Å². The number of benzene rings is 2. The van der Waals surface area contributed by atoms with E-state index < -0.39 is 8.45 Å². The van der Waals surface area contributed by atoms with Gasteiger partial charge in [-0.05, 0) is 45.2 Å². The molecule has 0 amide bonds. The Hall–Kier alpha value is -1.25.